The average molecular weight is 307 g/mol. The number of nitrogens with zero attached hydrogens (tertiary/aromatic N) is 1. The summed E-state index contributed by atoms with van der Waals surface area (Å²) in [5.41, 5.74) is 0. The van der Waals surface area contributed by atoms with Gasteiger partial charge in [-0.2, -0.15) is 0 Å². The normalized spacial score (nSPS) is 13.0. The van der Waals surface area contributed by atoms with Crippen LogP contribution in [-0.4, -0.2) is 35.1 Å². The Labute approximate surface area is 105 Å². The van der Waals surface area contributed by atoms with Crippen LogP contribution in [0.1, 0.15) is 12.8 Å². The van der Waals surface area contributed by atoms with Gasteiger partial charge in [-0.15, -0.1) is 0 Å². The van der Waals surface area contributed by atoms with Crippen LogP contribution in [0.15, 0.2) is 4.74 Å². The molecule has 1 amide bonds. The van der Waals surface area contributed by atoms with E-state index in [1.807, 2.05) is 0 Å². The van der Waals surface area contributed by atoms with Crippen molar-refractivity contribution in [2.45, 2.75) is 12.8 Å². The Morgan fingerprint density at radius 1 is 1.50 bits per heavy atom. The molecule has 0 rings (SSSR count). The molecule has 0 heterocycles. The summed E-state index contributed by atoms with van der Waals surface area (Å²) in [5.74, 6) is 0.952. The summed E-state index contributed by atoms with van der Waals surface area (Å²) in [7, 11) is -1.43. The van der Waals surface area contributed by atoms with Crippen molar-refractivity contribution in [2.24, 2.45) is 4.74 Å². The second-order valence-corrected chi connectivity index (χ2v) is 6.71. The molecule has 0 spiro atoms. The van der Waals surface area contributed by atoms with E-state index < -0.39 is 7.82 Å². The standard InChI is InChI=1S/C6H13NO5P2S2/c8-6(7-13)2-1-4-15-16-5-3-12-14(9,10)11/h13H,1-5H2,(H2,9,10,11)/i13T. The molecule has 0 unspecified atom stereocenters. The van der Waals surface area contributed by atoms with Gasteiger partial charge in [0.1, 0.15) is 1.28 Å². The van der Waals surface area contributed by atoms with Gasteiger partial charge in [-0.1, -0.05) is 21.6 Å². The van der Waals surface area contributed by atoms with E-state index in [-0.39, 0.29) is 21.5 Å². The first-order chi connectivity index (χ1) is 7.95. The molecule has 0 aromatic rings. The Morgan fingerprint density at radius 3 is 2.81 bits per heavy atom. The molecule has 2 N–H and O–H groups in total. The van der Waals surface area contributed by atoms with Gasteiger partial charge in [-0.3, -0.25) is 9.32 Å². The van der Waals surface area contributed by atoms with Crippen molar-refractivity contribution in [3.63, 3.8) is 0 Å². The smallest absolute Gasteiger partial charge is 0.303 e. The highest BCUT2D eigenvalue weighted by molar-refractivity contribution is 8.76. The van der Waals surface area contributed by atoms with Crippen molar-refractivity contribution < 1.29 is 23.7 Å². The van der Waals surface area contributed by atoms with Gasteiger partial charge in [-0.25, -0.2) is 9.31 Å². The van der Waals surface area contributed by atoms with Gasteiger partial charge in [-0.05, 0) is 15.4 Å². The van der Waals surface area contributed by atoms with Crippen LogP contribution in [0, 0.1) is 0 Å². The Balaban J connectivity index is 3.25. The minimum absolute atomic E-state index is 0.00602. The number of phosphoric ester groups is 1. The van der Waals surface area contributed by atoms with Gasteiger partial charge in [0.2, 0.25) is 5.91 Å². The van der Waals surface area contributed by atoms with Crippen LogP contribution in [0.5, 0.6) is 0 Å². The van der Waals surface area contributed by atoms with Gasteiger partial charge in [0, 0.05) is 17.9 Å². The van der Waals surface area contributed by atoms with Gasteiger partial charge < -0.3 is 9.79 Å². The first-order valence-corrected chi connectivity index (χ1v) is 8.70. The molecule has 0 saturated heterocycles. The highest BCUT2D eigenvalue weighted by atomic mass is 33.1. The molecule has 0 saturated carbocycles. The maximum atomic E-state index is 10.9. The molecule has 16 heavy (non-hydrogen) atoms. The van der Waals surface area contributed by atoms with Gasteiger partial charge in [0.05, 0.1) is 6.61 Å². The third-order valence-corrected chi connectivity index (χ3v) is 4.44. The van der Waals surface area contributed by atoms with Crippen molar-refractivity contribution >= 4 is 44.3 Å². The molecule has 0 aromatic heterocycles. The fourth-order valence-corrected chi connectivity index (χ4v) is 3.11. The largest absolute Gasteiger partial charge is 0.469 e. The van der Waals surface area contributed by atoms with E-state index in [0.29, 0.717) is 18.6 Å². The number of hydrogen-bond acceptors (Lipinski definition) is 5. The van der Waals surface area contributed by atoms with Gasteiger partial charge in [0.15, 0.2) is 0 Å². The van der Waals surface area contributed by atoms with Crippen molar-refractivity contribution in [3.05, 3.63) is 0 Å². The van der Waals surface area contributed by atoms with E-state index in [2.05, 4.69) is 9.27 Å². The fraction of sp³-hybridized carbons (Fsp3) is 0.833. The van der Waals surface area contributed by atoms with Gasteiger partial charge in [0.25, 0.3) is 0 Å². The quantitative estimate of drug-likeness (QED) is 0.382. The molecular formula is C6H13NO5P2S2. The zero-order chi connectivity index (χ0) is 13.1. The summed E-state index contributed by atoms with van der Waals surface area (Å²) >= 11 is 0. The lowest BCUT2D eigenvalue weighted by molar-refractivity contribution is -0.117. The first kappa shape index (κ1) is 14.6. The average Bonchev–Trinajstić information content (AvgIpc) is 2.21. The number of amides is 1. The molecular weight excluding hydrogens is 292 g/mol. The second kappa shape index (κ2) is 9.59. The molecule has 0 aliphatic rings. The number of hydrogen-bond donors (Lipinski definition) is 2. The van der Waals surface area contributed by atoms with Crippen LogP contribution in [0.3, 0.4) is 0 Å². The molecule has 10 heteroatoms. The minimum atomic E-state index is -4.35. The maximum Gasteiger partial charge on any atom is 0.469 e. The van der Waals surface area contributed by atoms with Crippen molar-refractivity contribution in [2.75, 3.05) is 18.1 Å². The van der Waals surface area contributed by atoms with Crippen LogP contribution in [0.2, 0.25) is 0 Å². The number of carbonyl (C=O) groups excluding carboxylic acids is 1. The molecule has 0 atom stereocenters. The molecule has 0 aromatic carbocycles. The van der Waals surface area contributed by atoms with E-state index in [4.69, 9.17) is 11.1 Å². The summed E-state index contributed by atoms with van der Waals surface area (Å²) in [5, 5.41) is 0. The Morgan fingerprint density at radius 2 is 2.19 bits per heavy atom. The maximum absolute atomic E-state index is 10.9. The highest BCUT2D eigenvalue weighted by Crippen LogP contribution is 2.36. The van der Waals surface area contributed by atoms with E-state index in [1.54, 1.807) is 0 Å². The number of phosphoric acid groups is 1. The summed E-state index contributed by atoms with van der Waals surface area (Å²) in [6.45, 7) is -0.00602. The van der Waals surface area contributed by atoms with Crippen LogP contribution in [-0.2, 0) is 13.9 Å². The van der Waals surface area contributed by atoms with Crippen molar-refractivity contribution in [1.82, 2.24) is 0 Å². The SMILES string of the molecule is [3H]P=NC(=O)CCCSSCCOP(=O)(O)O. The molecule has 0 radical (unpaired) electrons. The zero-order valence-corrected chi connectivity index (χ0v) is 11.7. The Hall–Kier alpha value is 0.580. The summed E-state index contributed by atoms with van der Waals surface area (Å²) in [4.78, 5) is 27.6. The number of carbonyl (C=O) groups is 1. The highest BCUT2D eigenvalue weighted by Gasteiger charge is 2.12. The lowest BCUT2D eigenvalue weighted by Crippen LogP contribution is -1.94. The number of rotatable bonds is 9. The van der Waals surface area contributed by atoms with Crippen LogP contribution in [0.25, 0.3) is 0 Å². The third kappa shape index (κ3) is 12.6. The molecule has 0 aliphatic heterocycles. The summed E-state index contributed by atoms with van der Waals surface area (Å²) in [6.07, 6.45) is 1.01. The van der Waals surface area contributed by atoms with Crippen molar-refractivity contribution in [1.29, 1.82) is 1.28 Å². The van der Waals surface area contributed by atoms with Gasteiger partial charge >= 0.3 is 7.82 Å². The lowest BCUT2D eigenvalue weighted by Gasteiger charge is -2.04. The molecule has 0 bridgehead atoms. The van der Waals surface area contributed by atoms with Crippen LogP contribution in [0.4, 0.5) is 0 Å². The molecule has 0 fully saturated rings. The second-order valence-electron chi connectivity index (χ2n) is 2.57. The predicted molar refractivity (Wildman–Crippen MR) is 67.9 cm³/mol. The molecule has 6 nitrogen and oxygen atoms in total. The minimum Gasteiger partial charge on any atom is -0.303 e. The molecule has 94 valence electrons. The Bertz CT molecular complexity index is 300. The van der Waals surface area contributed by atoms with Crippen LogP contribution >= 0.6 is 38.4 Å². The fourth-order valence-electron chi connectivity index (χ4n) is 0.640. The Kier molecular flexibility index (Phi) is 8.78. The van der Waals surface area contributed by atoms with E-state index in [9.17, 15) is 9.36 Å². The van der Waals surface area contributed by atoms with E-state index >= 15 is 0 Å². The zero-order valence-electron chi connectivity index (χ0n) is 9.31. The van der Waals surface area contributed by atoms with E-state index in [1.165, 1.54) is 21.6 Å². The van der Waals surface area contributed by atoms with Crippen LogP contribution < -0.4 is 0 Å². The summed E-state index contributed by atoms with van der Waals surface area (Å²) in [6, 6.07) is 0. The van der Waals surface area contributed by atoms with E-state index in [0.717, 1.165) is 5.75 Å². The topological polar surface area (TPSA) is 96.2 Å². The predicted octanol–water partition coefficient (Wildman–Crippen LogP) is 2.11. The first-order valence-electron chi connectivity index (χ1n) is 4.73. The third-order valence-electron chi connectivity index (χ3n) is 1.24. The molecule has 0 aliphatic carbocycles. The lowest BCUT2D eigenvalue weighted by atomic mass is 10.3. The van der Waals surface area contributed by atoms with Crippen molar-refractivity contribution in [3.8, 4) is 0 Å². The summed E-state index contributed by atoms with van der Waals surface area (Å²) < 4.78 is 24.6. The monoisotopic (exact) mass is 307 g/mol.